The fourth-order valence-electron chi connectivity index (χ4n) is 1.65. The van der Waals surface area contributed by atoms with Gasteiger partial charge in [-0.1, -0.05) is 42.5 Å². The molecule has 0 aliphatic heterocycles. The smallest absolute Gasteiger partial charge is 0.0237 e. The first-order valence-corrected chi connectivity index (χ1v) is 5.94. The topological polar surface area (TPSA) is 29.3 Å². The maximum Gasteiger partial charge on any atom is 0.0237 e. The van der Waals surface area contributed by atoms with E-state index in [1.54, 1.807) is 0 Å². The van der Waals surface area contributed by atoms with Gasteiger partial charge in [-0.3, -0.25) is 4.90 Å². The zero-order chi connectivity index (χ0) is 11.6. The summed E-state index contributed by atoms with van der Waals surface area (Å²) in [7, 11) is 0. The predicted octanol–water partition coefficient (Wildman–Crippen LogP) is 2.41. The van der Waals surface area contributed by atoms with Gasteiger partial charge in [0.15, 0.2) is 0 Å². The molecule has 0 bridgehead atoms. The minimum absolute atomic E-state index is 0.765. The van der Waals surface area contributed by atoms with Gasteiger partial charge in [0.25, 0.3) is 0 Å². The lowest BCUT2D eigenvalue weighted by atomic mass is 10.2. The molecule has 1 aromatic rings. The van der Waals surface area contributed by atoms with Gasteiger partial charge in [-0.2, -0.15) is 0 Å². The van der Waals surface area contributed by atoms with Gasteiger partial charge >= 0.3 is 0 Å². The summed E-state index contributed by atoms with van der Waals surface area (Å²) in [6.45, 7) is 5.90. The summed E-state index contributed by atoms with van der Waals surface area (Å²) in [5.74, 6) is 0. The van der Waals surface area contributed by atoms with E-state index in [-0.39, 0.29) is 0 Å². The minimum atomic E-state index is 0.765. The van der Waals surface area contributed by atoms with E-state index >= 15 is 0 Å². The molecule has 0 spiro atoms. The van der Waals surface area contributed by atoms with E-state index in [4.69, 9.17) is 5.73 Å². The van der Waals surface area contributed by atoms with Crippen molar-refractivity contribution in [2.24, 2.45) is 5.73 Å². The quantitative estimate of drug-likeness (QED) is 0.712. The minimum Gasteiger partial charge on any atom is -0.330 e. The van der Waals surface area contributed by atoms with Crippen molar-refractivity contribution in [1.82, 2.24) is 4.90 Å². The third-order valence-corrected chi connectivity index (χ3v) is 2.53. The van der Waals surface area contributed by atoms with E-state index in [9.17, 15) is 0 Å². The molecule has 0 fully saturated rings. The summed E-state index contributed by atoms with van der Waals surface area (Å²) in [4.78, 5) is 2.42. The normalized spacial score (nSPS) is 11.4. The second-order valence-corrected chi connectivity index (χ2v) is 3.93. The van der Waals surface area contributed by atoms with Gasteiger partial charge in [0, 0.05) is 19.6 Å². The van der Waals surface area contributed by atoms with E-state index in [2.05, 4.69) is 54.3 Å². The number of allylic oxidation sites excluding steroid dienone is 1. The molecule has 1 aromatic carbocycles. The van der Waals surface area contributed by atoms with E-state index in [0.717, 1.165) is 32.6 Å². The lowest BCUT2D eigenvalue weighted by molar-refractivity contribution is 0.292. The van der Waals surface area contributed by atoms with E-state index < -0.39 is 0 Å². The molecule has 2 N–H and O–H groups in total. The van der Waals surface area contributed by atoms with Gasteiger partial charge < -0.3 is 5.73 Å². The van der Waals surface area contributed by atoms with Crippen molar-refractivity contribution in [3.8, 4) is 0 Å². The van der Waals surface area contributed by atoms with Crippen LogP contribution in [0, 0.1) is 0 Å². The molecule has 0 heterocycles. The Morgan fingerprint density at radius 3 is 2.62 bits per heavy atom. The van der Waals surface area contributed by atoms with Crippen molar-refractivity contribution in [2.75, 3.05) is 19.6 Å². The first kappa shape index (κ1) is 12.9. The molecule has 0 amide bonds. The van der Waals surface area contributed by atoms with Crippen LogP contribution in [0.5, 0.6) is 0 Å². The number of rotatable bonds is 7. The summed E-state index contributed by atoms with van der Waals surface area (Å²) in [6, 6.07) is 10.6. The largest absolute Gasteiger partial charge is 0.330 e. The molecule has 1 rings (SSSR count). The van der Waals surface area contributed by atoms with Crippen molar-refractivity contribution in [1.29, 1.82) is 0 Å². The Kier molecular flexibility index (Phi) is 6.54. The molecule has 2 heteroatoms. The second-order valence-electron chi connectivity index (χ2n) is 3.93. The molecule has 2 nitrogen and oxygen atoms in total. The summed E-state index contributed by atoms with van der Waals surface area (Å²) in [6.07, 6.45) is 5.35. The predicted molar refractivity (Wildman–Crippen MR) is 70.2 cm³/mol. The fourth-order valence-corrected chi connectivity index (χ4v) is 1.65. The SMILES string of the molecule is C/C=C/CN(CCCN)Cc1ccccc1. The molecule has 0 saturated carbocycles. The van der Waals surface area contributed by atoms with Gasteiger partial charge in [0.1, 0.15) is 0 Å². The molecular weight excluding hydrogens is 196 g/mol. The zero-order valence-electron chi connectivity index (χ0n) is 10.1. The van der Waals surface area contributed by atoms with Crippen LogP contribution in [0.25, 0.3) is 0 Å². The zero-order valence-corrected chi connectivity index (χ0v) is 10.1. The number of hydrogen-bond donors (Lipinski definition) is 1. The Morgan fingerprint density at radius 1 is 1.25 bits per heavy atom. The molecular formula is C14H22N2. The van der Waals surface area contributed by atoms with Crippen molar-refractivity contribution >= 4 is 0 Å². The van der Waals surface area contributed by atoms with Crippen molar-refractivity contribution in [3.63, 3.8) is 0 Å². The highest BCUT2D eigenvalue weighted by Gasteiger charge is 2.02. The number of nitrogens with zero attached hydrogens (tertiary/aromatic N) is 1. The van der Waals surface area contributed by atoms with Crippen LogP contribution < -0.4 is 5.73 Å². The molecule has 0 aliphatic carbocycles. The summed E-state index contributed by atoms with van der Waals surface area (Å²) < 4.78 is 0. The Hall–Kier alpha value is -1.12. The molecule has 88 valence electrons. The van der Waals surface area contributed by atoms with Gasteiger partial charge in [-0.15, -0.1) is 0 Å². The van der Waals surface area contributed by atoms with Crippen molar-refractivity contribution in [2.45, 2.75) is 19.9 Å². The highest BCUT2D eigenvalue weighted by molar-refractivity contribution is 5.14. The second kappa shape index (κ2) is 8.08. The van der Waals surface area contributed by atoms with Crippen LogP contribution in [0.4, 0.5) is 0 Å². The molecule has 0 aliphatic rings. The number of benzene rings is 1. The maximum atomic E-state index is 5.55. The number of hydrogen-bond acceptors (Lipinski definition) is 2. The van der Waals surface area contributed by atoms with Crippen LogP contribution in [0.2, 0.25) is 0 Å². The monoisotopic (exact) mass is 218 g/mol. The average Bonchev–Trinajstić information content (AvgIpc) is 2.34. The van der Waals surface area contributed by atoms with E-state index in [1.165, 1.54) is 5.56 Å². The van der Waals surface area contributed by atoms with Gasteiger partial charge in [0.05, 0.1) is 0 Å². The molecule has 0 atom stereocenters. The standard InChI is InChI=1S/C14H22N2/c1-2-3-11-16(12-7-10-15)13-14-8-5-4-6-9-14/h2-6,8-9H,7,10-13,15H2,1H3/b3-2+. The van der Waals surface area contributed by atoms with Crippen LogP contribution in [0.15, 0.2) is 42.5 Å². The molecule has 0 radical (unpaired) electrons. The molecule has 0 saturated heterocycles. The van der Waals surface area contributed by atoms with Crippen molar-refractivity contribution < 1.29 is 0 Å². The maximum absolute atomic E-state index is 5.55. The van der Waals surface area contributed by atoms with Crippen LogP contribution >= 0.6 is 0 Å². The molecule has 0 aromatic heterocycles. The van der Waals surface area contributed by atoms with E-state index in [1.807, 2.05) is 0 Å². The highest BCUT2D eigenvalue weighted by atomic mass is 15.1. The van der Waals surface area contributed by atoms with Gasteiger partial charge in [-0.05, 0) is 25.5 Å². The first-order valence-electron chi connectivity index (χ1n) is 5.94. The molecule has 16 heavy (non-hydrogen) atoms. The Balaban J connectivity index is 2.48. The van der Waals surface area contributed by atoms with Crippen LogP contribution in [-0.4, -0.2) is 24.5 Å². The Labute approximate surface area is 98.8 Å². The number of nitrogens with two attached hydrogens (primary N) is 1. The van der Waals surface area contributed by atoms with Crippen LogP contribution in [0.3, 0.4) is 0 Å². The fraction of sp³-hybridized carbons (Fsp3) is 0.429. The third kappa shape index (κ3) is 5.10. The van der Waals surface area contributed by atoms with Gasteiger partial charge in [0.2, 0.25) is 0 Å². The van der Waals surface area contributed by atoms with Crippen LogP contribution in [0.1, 0.15) is 18.9 Å². The van der Waals surface area contributed by atoms with Crippen molar-refractivity contribution in [3.05, 3.63) is 48.0 Å². The highest BCUT2D eigenvalue weighted by Crippen LogP contribution is 2.04. The van der Waals surface area contributed by atoms with Gasteiger partial charge in [-0.25, -0.2) is 0 Å². The summed E-state index contributed by atoms with van der Waals surface area (Å²) in [5, 5.41) is 0. The lowest BCUT2D eigenvalue weighted by Gasteiger charge is -2.20. The Bertz CT molecular complexity index is 293. The summed E-state index contributed by atoms with van der Waals surface area (Å²) in [5.41, 5.74) is 6.92. The van der Waals surface area contributed by atoms with E-state index in [0.29, 0.717) is 0 Å². The average molecular weight is 218 g/mol. The first-order chi connectivity index (χ1) is 7.86. The molecule has 0 unspecified atom stereocenters. The third-order valence-electron chi connectivity index (χ3n) is 2.53. The van der Waals surface area contributed by atoms with Crippen LogP contribution in [-0.2, 0) is 6.54 Å². The lowest BCUT2D eigenvalue weighted by Crippen LogP contribution is -2.26. The Morgan fingerprint density at radius 2 is 2.00 bits per heavy atom. The summed E-state index contributed by atoms with van der Waals surface area (Å²) >= 11 is 0.